The van der Waals surface area contributed by atoms with Gasteiger partial charge in [0.25, 0.3) is 47.8 Å². The second-order valence-corrected chi connectivity index (χ2v) is 34.0. The molecule has 3 aliphatic heterocycles. The maximum atomic E-state index is 14.0. The Morgan fingerprint density at radius 1 is 0.534 bits per heavy atom. The first-order valence-electron chi connectivity index (χ1n) is 32.7. The molecular formula is C72H78Cl2FN13O11S4. The summed E-state index contributed by atoms with van der Waals surface area (Å²) in [5.41, 5.74) is 7.16. The number of ether oxygens (including phenoxy) is 2. The average molecular weight is 1520 g/mol. The van der Waals surface area contributed by atoms with E-state index in [1.165, 1.54) is 72.1 Å². The van der Waals surface area contributed by atoms with Gasteiger partial charge in [-0.05, 0) is 175 Å². The van der Waals surface area contributed by atoms with E-state index >= 15 is 0 Å². The van der Waals surface area contributed by atoms with Crippen molar-refractivity contribution >= 4 is 106 Å². The van der Waals surface area contributed by atoms with Gasteiger partial charge in [-0.3, -0.25) is 14.4 Å². The lowest BCUT2D eigenvalue weighted by Crippen LogP contribution is -2.41. The zero-order valence-electron chi connectivity index (χ0n) is 57.8. The van der Waals surface area contributed by atoms with Crippen molar-refractivity contribution in [3.05, 3.63) is 206 Å². The second-order valence-electron chi connectivity index (χ2n) is 27.2. The third kappa shape index (κ3) is 18.5. The number of thiophene rings is 1. The number of benzene rings is 2. The molecule has 3 amide bonds. The van der Waals surface area contributed by atoms with Crippen LogP contribution in [-0.2, 0) is 43.3 Å². The van der Waals surface area contributed by atoms with Gasteiger partial charge in [0, 0.05) is 93.0 Å². The van der Waals surface area contributed by atoms with Crippen molar-refractivity contribution in [2.45, 2.75) is 126 Å². The number of nitrogens with two attached hydrogens (primary N) is 1. The van der Waals surface area contributed by atoms with Crippen LogP contribution in [0.3, 0.4) is 0 Å². The maximum Gasteiger partial charge on any atom is 0.281 e. The highest BCUT2D eigenvalue weighted by atomic mass is 35.5. The van der Waals surface area contributed by atoms with Crippen LogP contribution in [0.15, 0.2) is 178 Å². The fraction of sp³-hybridized carbons (Fsp3) is 0.319. The van der Waals surface area contributed by atoms with Gasteiger partial charge < -0.3 is 29.9 Å². The molecular weight excluding hydrogens is 1440 g/mol. The van der Waals surface area contributed by atoms with Crippen LogP contribution in [0.2, 0.25) is 10.0 Å². The van der Waals surface area contributed by atoms with Crippen molar-refractivity contribution in [2.75, 3.05) is 40.1 Å². The summed E-state index contributed by atoms with van der Waals surface area (Å²) in [6.45, 7) is 21.1. The number of aromatic nitrogens is 6. The number of anilines is 4. The predicted molar refractivity (Wildman–Crippen MR) is 394 cm³/mol. The standard InChI is InChI=1S/C25H26ClFN4O4S.C24H26ClN5O3S.C23H26N4O4S2/c1-16-13-25(2,3)31(14-16)23-19(6-5-11-28-23)24(32)30-36(33,34)22-8-4-7-21(29-22)35-15-17-9-10-18(26)12-20(17)27;1-15-13-24(2,3)30(14-15)22-18(9-10-19(28-22)16-6-4-7-17(25)12-16)23(31)29-34(32,33)20-8-5-11-27-21(20)26;1-16-13-23(2,3)27(14-16)21-18(8-5-11-24-21)22(28)26-33(29,30)20-10-4-9-19(25-20)31-15-17-7-6-12-32-17/h4-12,16H,13-15H2,1-3H3,(H,30,32);4-12,15H,13-14H2,1-3H3,(H2,26,27)(H,29,31);4-12,16H,13-15H2,1-3H3,(H,26,28)/t;15-;/m.0./s1. The number of pyridine rings is 6. The lowest BCUT2D eigenvalue weighted by Gasteiger charge is -2.34. The summed E-state index contributed by atoms with van der Waals surface area (Å²) in [4.78, 5) is 71.8. The molecule has 12 rings (SSSR count). The fourth-order valence-corrected chi connectivity index (χ4v) is 16.9. The molecule has 10 heterocycles. The Hall–Kier alpha value is -9.39. The summed E-state index contributed by atoms with van der Waals surface area (Å²) in [5, 5.41) is 2.04. The molecule has 542 valence electrons. The number of nitrogens with zero attached hydrogens (tertiary/aromatic N) is 9. The normalized spacial score (nSPS) is 17.4. The molecule has 3 saturated heterocycles. The topological polar surface area (TPSA) is 321 Å². The Kier molecular flexibility index (Phi) is 23.2. The first-order chi connectivity index (χ1) is 48.6. The van der Waals surface area contributed by atoms with Crippen LogP contribution < -0.4 is 44.1 Å². The number of nitrogen functional groups attached to an aromatic ring is 1. The van der Waals surface area contributed by atoms with Crippen LogP contribution >= 0.6 is 34.5 Å². The first kappa shape index (κ1) is 76.3. The molecule has 31 heteroatoms. The summed E-state index contributed by atoms with van der Waals surface area (Å²) in [6.07, 6.45) is 7.33. The number of amides is 3. The summed E-state index contributed by atoms with van der Waals surface area (Å²) >= 11 is 13.5. The van der Waals surface area contributed by atoms with E-state index in [2.05, 4.69) is 111 Å². The van der Waals surface area contributed by atoms with E-state index in [-0.39, 0.29) is 84.6 Å². The van der Waals surface area contributed by atoms with Crippen LogP contribution in [0.4, 0.5) is 27.7 Å². The first-order valence-corrected chi connectivity index (χ1v) is 38.8. The number of carbonyl (C=O) groups excluding carboxylic acids is 3. The van der Waals surface area contributed by atoms with Gasteiger partial charge in [-0.15, -0.1) is 11.3 Å². The van der Waals surface area contributed by atoms with E-state index in [4.69, 9.17) is 43.4 Å². The van der Waals surface area contributed by atoms with Crippen molar-refractivity contribution in [1.82, 2.24) is 44.1 Å². The molecule has 3 atom stereocenters. The molecule has 24 nitrogen and oxygen atoms in total. The van der Waals surface area contributed by atoms with Gasteiger partial charge in [-0.2, -0.15) is 26.8 Å². The number of nitrogens with one attached hydrogen (secondary N) is 3. The largest absolute Gasteiger partial charge is 0.473 e. The van der Waals surface area contributed by atoms with Crippen LogP contribution in [0.25, 0.3) is 11.3 Å². The zero-order valence-corrected chi connectivity index (χ0v) is 62.6. The second kappa shape index (κ2) is 31.3. The van der Waals surface area contributed by atoms with Crippen molar-refractivity contribution in [1.29, 1.82) is 0 Å². The molecule has 0 bridgehead atoms. The monoisotopic (exact) mass is 1520 g/mol. The smallest absolute Gasteiger partial charge is 0.281 e. The summed E-state index contributed by atoms with van der Waals surface area (Å²) in [5.74, 6) is -0.465. The minimum Gasteiger partial charge on any atom is -0.473 e. The van der Waals surface area contributed by atoms with Crippen LogP contribution in [-0.4, -0.2) is 109 Å². The van der Waals surface area contributed by atoms with Crippen molar-refractivity contribution < 1.29 is 53.5 Å². The summed E-state index contributed by atoms with van der Waals surface area (Å²) in [6, 6.07) is 36.1. The van der Waals surface area contributed by atoms with Crippen molar-refractivity contribution in [3.63, 3.8) is 0 Å². The number of hydrogen-bond acceptors (Lipinski definition) is 22. The Morgan fingerprint density at radius 2 is 1.00 bits per heavy atom. The molecule has 9 aromatic rings. The lowest BCUT2D eigenvalue weighted by molar-refractivity contribution is 0.0972. The van der Waals surface area contributed by atoms with E-state index in [0.717, 1.165) is 42.3 Å². The number of halogens is 3. The van der Waals surface area contributed by atoms with Crippen LogP contribution in [0.1, 0.15) is 123 Å². The predicted octanol–water partition coefficient (Wildman–Crippen LogP) is 12.6. The minimum absolute atomic E-state index is 0.0467. The molecule has 2 unspecified atom stereocenters. The quantitative estimate of drug-likeness (QED) is 0.0584. The fourth-order valence-electron chi connectivity index (χ4n) is 13.0. The SMILES string of the molecule is CC1CN(c2ncccc2C(=O)NS(=O)(=O)c2cccc(OCc3ccc(Cl)cc3F)n2)C(C)(C)C1.CC1CN(c2ncccc2C(=O)NS(=O)(=O)c2cccc(OCc3cccs3)n2)C(C)(C)C1.C[C@@H]1CN(c2nc(-c3cccc(Cl)c3)ccc2C(=O)NS(=O)(=O)c2cccnc2N)C(C)(C)C1. The molecule has 7 aromatic heterocycles. The zero-order chi connectivity index (χ0) is 74.4. The Labute approximate surface area is 612 Å². The Balaban J connectivity index is 0.000000166. The molecule has 0 saturated carbocycles. The molecule has 5 N–H and O–H groups in total. The van der Waals surface area contributed by atoms with Gasteiger partial charge in [0.2, 0.25) is 11.8 Å². The highest BCUT2D eigenvalue weighted by Crippen LogP contribution is 2.41. The molecule has 2 aromatic carbocycles. The van der Waals surface area contributed by atoms with E-state index in [9.17, 15) is 44.0 Å². The summed E-state index contributed by atoms with van der Waals surface area (Å²) < 4.78 is 109. The van der Waals surface area contributed by atoms with Gasteiger partial charge in [-0.1, -0.05) is 80.4 Å². The Morgan fingerprint density at radius 3 is 1.48 bits per heavy atom. The number of sulfonamides is 3. The molecule has 0 aliphatic carbocycles. The van der Waals surface area contributed by atoms with Gasteiger partial charge in [-0.25, -0.2) is 46.9 Å². The van der Waals surface area contributed by atoms with Gasteiger partial charge in [0.1, 0.15) is 47.2 Å². The molecule has 103 heavy (non-hydrogen) atoms. The summed E-state index contributed by atoms with van der Waals surface area (Å²) in [7, 11) is -12.8. The van der Waals surface area contributed by atoms with Gasteiger partial charge in [0.05, 0.1) is 22.4 Å². The number of rotatable bonds is 19. The Bertz CT molecular complexity index is 4980. The lowest BCUT2D eigenvalue weighted by atomic mass is 9.97. The van der Waals surface area contributed by atoms with E-state index in [1.54, 1.807) is 67.0 Å². The van der Waals surface area contributed by atoms with Crippen LogP contribution in [0.5, 0.6) is 11.8 Å². The van der Waals surface area contributed by atoms with Crippen molar-refractivity contribution in [2.24, 2.45) is 17.8 Å². The average Bonchev–Trinajstić information content (AvgIpc) is 1.61. The van der Waals surface area contributed by atoms with E-state index in [0.29, 0.717) is 59.0 Å². The van der Waals surface area contributed by atoms with Gasteiger partial charge in [0.15, 0.2) is 10.1 Å². The third-order valence-corrected chi connectivity index (χ3v) is 22.5. The third-order valence-electron chi connectivity index (χ3n) is 17.3. The van der Waals surface area contributed by atoms with Crippen molar-refractivity contribution in [3.8, 4) is 23.0 Å². The highest BCUT2D eigenvalue weighted by molar-refractivity contribution is 7.90. The molecule has 3 fully saturated rings. The number of carbonyl (C=O) groups is 3. The van der Waals surface area contributed by atoms with E-state index < -0.39 is 58.6 Å². The van der Waals surface area contributed by atoms with E-state index in [1.807, 2.05) is 34.5 Å². The van der Waals surface area contributed by atoms with Crippen LogP contribution in [0, 0.1) is 23.6 Å². The molecule has 0 radical (unpaired) electrons. The maximum absolute atomic E-state index is 14.0. The van der Waals surface area contributed by atoms with Gasteiger partial charge >= 0.3 is 0 Å². The minimum atomic E-state index is -4.34. The molecule has 0 spiro atoms. The molecule has 3 aliphatic rings. The number of hydrogen-bond donors (Lipinski definition) is 4. The highest BCUT2D eigenvalue weighted by Gasteiger charge is 2.42.